The number of ether oxygens (including phenoxy) is 2. The molecular formula is C22H26N2O4. The maximum Gasteiger partial charge on any atom is 0.260 e. The first-order valence-electron chi connectivity index (χ1n) is 9.49. The molecule has 6 heteroatoms. The highest BCUT2D eigenvalue weighted by Crippen LogP contribution is 2.25. The van der Waals surface area contributed by atoms with Gasteiger partial charge in [-0.2, -0.15) is 0 Å². The van der Waals surface area contributed by atoms with Crippen LogP contribution in [0.5, 0.6) is 11.5 Å². The van der Waals surface area contributed by atoms with Gasteiger partial charge in [-0.1, -0.05) is 23.8 Å². The number of carbonyl (C=O) groups excluding carboxylic acids is 2. The molecule has 1 aliphatic heterocycles. The molecule has 1 saturated heterocycles. The predicted octanol–water partition coefficient (Wildman–Crippen LogP) is 3.04. The third-order valence-electron chi connectivity index (χ3n) is 4.71. The Morgan fingerprint density at radius 1 is 1.11 bits per heavy atom. The quantitative estimate of drug-likeness (QED) is 0.704. The van der Waals surface area contributed by atoms with Crippen molar-refractivity contribution in [3.8, 4) is 11.5 Å². The lowest BCUT2D eigenvalue weighted by Crippen LogP contribution is -2.34. The summed E-state index contributed by atoms with van der Waals surface area (Å²) in [5, 5.41) is 0. The number of hydrogen-bond donors (Lipinski definition) is 0. The minimum absolute atomic E-state index is 0.0571. The lowest BCUT2D eigenvalue weighted by atomic mass is 10.2. The van der Waals surface area contributed by atoms with Gasteiger partial charge in [-0.3, -0.25) is 9.59 Å². The standard InChI is InChI=1S/C22H26N2O4/c1-17-8-10-19(11-9-17)27-14-13-23(2)22(26)16-28-20-6-3-5-18(15-20)24-12-4-7-21(24)25/h3,5-6,8-11,15H,4,7,12-14,16H2,1-2H3. The van der Waals surface area contributed by atoms with Crippen molar-refractivity contribution in [2.45, 2.75) is 19.8 Å². The van der Waals surface area contributed by atoms with E-state index in [0.29, 0.717) is 25.3 Å². The van der Waals surface area contributed by atoms with Gasteiger partial charge in [0.1, 0.15) is 18.1 Å². The molecule has 2 aromatic rings. The molecule has 0 unspecified atom stereocenters. The second kappa shape index (κ2) is 9.26. The van der Waals surface area contributed by atoms with Gasteiger partial charge in [0.25, 0.3) is 5.91 Å². The lowest BCUT2D eigenvalue weighted by Gasteiger charge is -2.19. The molecule has 1 aliphatic rings. The predicted molar refractivity (Wildman–Crippen MR) is 108 cm³/mol. The van der Waals surface area contributed by atoms with Crippen LogP contribution in [0.25, 0.3) is 0 Å². The number of anilines is 1. The van der Waals surface area contributed by atoms with Crippen molar-refractivity contribution in [1.82, 2.24) is 4.90 Å². The molecule has 0 atom stereocenters. The fraction of sp³-hybridized carbons (Fsp3) is 0.364. The molecule has 6 nitrogen and oxygen atoms in total. The summed E-state index contributed by atoms with van der Waals surface area (Å²) in [5.74, 6) is 1.36. The van der Waals surface area contributed by atoms with Gasteiger partial charge in [0.2, 0.25) is 5.91 Å². The zero-order chi connectivity index (χ0) is 19.9. The first-order chi connectivity index (χ1) is 13.5. The molecule has 1 fully saturated rings. The van der Waals surface area contributed by atoms with Gasteiger partial charge in [0.15, 0.2) is 6.61 Å². The molecule has 28 heavy (non-hydrogen) atoms. The number of amides is 2. The van der Waals surface area contributed by atoms with Gasteiger partial charge >= 0.3 is 0 Å². The molecule has 0 N–H and O–H groups in total. The summed E-state index contributed by atoms with van der Waals surface area (Å²) in [7, 11) is 1.73. The Balaban J connectivity index is 1.44. The molecule has 0 spiro atoms. The van der Waals surface area contributed by atoms with Crippen molar-refractivity contribution in [3.63, 3.8) is 0 Å². The molecule has 0 saturated carbocycles. The molecule has 0 aromatic heterocycles. The molecule has 148 valence electrons. The number of nitrogens with zero attached hydrogens (tertiary/aromatic N) is 2. The molecule has 3 rings (SSSR count). The molecule has 0 radical (unpaired) electrons. The van der Waals surface area contributed by atoms with E-state index in [0.717, 1.165) is 24.4 Å². The van der Waals surface area contributed by atoms with Crippen LogP contribution in [-0.2, 0) is 9.59 Å². The highest BCUT2D eigenvalue weighted by molar-refractivity contribution is 5.95. The monoisotopic (exact) mass is 382 g/mol. The summed E-state index contributed by atoms with van der Waals surface area (Å²) in [6, 6.07) is 15.1. The smallest absolute Gasteiger partial charge is 0.260 e. The average molecular weight is 382 g/mol. The highest BCUT2D eigenvalue weighted by atomic mass is 16.5. The Labute approximate surface area is 165 Å². The fourth-order valence-electron chi connectivity index (χ4n) is 2.98. The van der Waals surface area contributed by atoms with Crippen LogP contribution >= 0.6 is 0 Å². The molecule has 0 bridgehead atoms. The lowest BCUT2D eigenvalue weighted by molar-refractivity contribution is -0.132. The first kappa shape index (κ1) is 19.7. The largest absolute Gasteiger partial charge is 0.492 e. The van der Waals surface area contributed by atoms with E-state index < -0.39 is 0 Å². The summed E-state index contributed by atoms with van der Waals surface area (Å²) in [6.45, 7) is 3.58. The number of benzene rings is 2. The zero-order valence-corrected chi connectivity index (χ0v) is 16.4. The Kier molecular flexibility index (Phi) is 6.53. The van der Waals surface area contributed by atoms with E-state index in [1.807, 2.05) is 43.3 Å². The van der Waals surface area contributed by atoms with E-state index in [-0.39, 0.29) is 18.4 Å². The molecule has 2 aromatic carbocycles. The van der Waals surface area contributed by atoms with Gasteiger partial charge in [-0.25, -0.2) is 0 Å². The van der Waals surface area contributed by atoms with Crippen LogP contribution in [-0.4, -0.2) is 50.1 Å². The normalized spacial score (nSPS) is 13.5. The van der Waals surface area contributed by atoms with E-state index in [1.54, 1.807) is 29.0 Å². The average Bonchev–Trinajstić information content (AvgIpc) is 3.13. The summed E-state index contributed by atoms with van der Waals surface area (Å²) < 4.78 is 11.3. The minimum atomic E-state index is -0.129. The van der Waals surface area contributed by atoms with Gasteiger partial charge in [0, 0.05) is 31.8 Å². The van der Waals surface area contributed by atoms with Crippen molar-refractivity contribution in [1.29, 1.82) is 0 Å². The van der Waals surface area contributed by atoms with E-state index in [1.165, 1.54) is 5.56 Å². The maximum atomic E-state index is 12.3. The third kappa shape index (κ3) is 5.25. The van der Waals surface area contributed by atoms with Crippen LogP contribution in [0.2, 0.25) is 0 Å². The van der Waals surface area contributed by atoms with E-state index >= 15 is 0 Å². The van der Waals surface area contributed by atoms with Crippen LogP contribution < -0.4 is 14.4 Å². The number of rotatable bonds is 8. The molecule has 0 aliphatic carbocycles. The number of aryl methyl sites for hydroxylation is 1. The number of hydrogen-bond acceptors (Lipinski definition) is 4. The van der Waals surface area contributed by atoms with Crippen molar-refractivity contribution in [2.24, 2.45) is 0 Å². The van der Waals surface area contributed by atoms with E-state index in [4.69, 9.17) is 9.47 Å². The fourth-order valence-corrected chi connectivity index (χ4v) is 2.98. The van der Waals surface area contributed by atoms with Crippen LogP contribution in [0.15, 0.2) is 48.5 Å². The number of carbonyl (C=O) groups is 2. The van der Waals surface area contributed by atoms with Crippen molar-refractivity contribution in [2.75, 3.05) is 38.3 Å². The molecular weight excluding hydrogens is 356 g/mol. The SMILES string of the molecule is Cc1ccc(OCCN(C)C(=O)COc2cccc(N3CCCC3=O)c2)cc1. The van der Waals surface area contributed by atoms with E-state index in [2.05, 4.69) is 0 Å². The van der Waals surface area contributed by atoms with Crippen LogP contribution in [0.4, 0.5) is 5.69 Å². The summed E-state index contributed by atoms with van der Waals surface area (Å²) in [6.07, 6.45) is 1.46. The van der Waals surface area contributed by atoms with Gasteiger partial charge < -0.3 is 19.3 Å². The second-order valence-corrected chi connectivity index (χ2v) is 6.91. The minimum Gasteiger partial charge on any atom is -0.492 e. The van der Waals surface area contributed by atoms with Crippen molar-refractivity contribution >= 4 is 17.5 Å². The van der Waals surface area contributed by atoms with Crippen molar-refractivity contribution < 1.29 is 19.1 Å². The Morgan fingerprint density at radius 2 is 1.89 bits per heavy atom. The topological polar surface area (TPSA) is 59.1 Å². The maximum absolute atomic E-state index is 12.3. The summed E-state index contributed by atoms with van der Waals surface area (Å²) >= 11 is 0. The van der Waals surface area contributed by atoms with Gasteiger partial charge in [0.05, 0.1) is 6.54 Å². The second-order valence-electron chi connectivity index (χ2n) is 6.91. The van der Waals surface area contributed by atoms with Crippen molar-refractivity contribution in [3.05, 3.63) is 54.1 Å². The zero-order valence-electron chi connectivity index (χ0n) is 16.4. The Morgan fingerprint density at radius 3 is 2.61 bits per heavy atom. The van der Waals surface area contributed by atoms with Crippen LogP contribution in [0.3, 0.4) is 0 Å². The van der Waals surface area contributed by atoms with Gasteiger partial charge in [-0.15, -0.1) is 0 Å². The third-order valence-corrected chi connectivity index (χ3v) is 4.71. The number of likely N-dealkylation sites (N-methyl/N-ethyl adjacent to an activating group) is 1. The first-order valence-corrected chi connectivity index (χ1v) is 9.49. The Bertz CT molecular complexity index is 820. The van der Waals surface area contributed by atoms with E-state index in [9.17, 15) is 9.59 Å². The van der Waals surface area contributed by atoms with Crippen LogP contribution in [0.1, 0.15) is 18.4 Å². The Hall–Kier alpha value is -3.02. The summed E-state index contributed by atoms with van der Waals surface area (Å²) in [4.78, 5) is 27.5. The molecule has 2 amide bonds. The summed E-state index contributed by atoms with van der Waals surface area (Å²) in [5.41, 5.74) is 1.99. The highest BCUT2D eigenvalue weighted by Gasteiger charge is 2.22. The van der Waals surface area contributed by atoms with Crippen LogP contribution in [0, 0.1) is 6.92 Å². The van der Waals surface area contributed by atoms with Gasteiger partial charge in [-0.05, 0) is 37.6 Å². The molecule has 1 heterocycles.